The molecule has 2 amide bonds. The highest BCUT2D eigenvalue weighted by Gasteiger charge is 2.59. The highest BCUT2D eigenvalue weighted by Crippen LogP contribution is 2.60. The van der Waals surface area contributed by atoms with Gasteiger partial charge in [-0.25, -0.2) is 0 Å². The highest BCUT2D eigenvalue weighted by molar-refractivity contribution is 5.83. The summed E-state index contributed by atoms with van der Waals surface area (Å²) in [7, 11) is 0. The Morgan fingerprint density at radius 2 is 1.61 bits per heavy atom. The molecule has 1 unspecified atom stereocenters. The van der Waals surface area contributed by atoms with Crippen molar-refractivity contribution in [2.75, 3.05) is 26.2 Å². The van der Waals surface area contributed by atoms with Crippen LogP contribution in [0.4, 0.5) is 0 Å². The fourth-order valence-electron chi connectivity index (χ4n) is 3.67. The van der Waals surface area contributed by atoms with Crippen LogP contribution in [0.15, 0.2) is 0 Å². The first-order chi connectivity index (χ1) is 8.62. The Labute approximate surface area is 108 Å². The van der Waals surface area contributed by atoms with Gasteiger partial charge in [0.25, 0.3) is 0 Å². The van der Waals surface area contributed by atoms with Crippen molar-refractivity contribution >= 4 is 11.8 Å². The van der Waals surface area contributed by atoms with Crippen molar-refractivity contribution in [3.63, 3.8) is 0 Å². The Bertz CT molecular complexity index is 366. The van der Waals surface area contributed by atoms with Crippen LogP contribution in [0.1, 0.15) is 39.0 Å². The smallest absolute Gasteiger partial charge is 0.226 e. The molecular formula is C14H22N2O2. The molecule has 3 fully saturated rings. The summed E-state index contributed by atoms with van der Waals surface area (Å²) in [6, 6.07) is 0. The highest BCUT2D eigenvalue weighted by atomic mass is 16.2. The fraction of sp³-hybridized carbons (Fsp3) is 0.857. The zero-order valence-corrected chi connectivity index (χ0v) is 11.2. The first-order valence-electron chi connectivity index (χ1n) is 7.17. The first-order valence-corrected chi connectivity index (χ1v) is 7.17. The van der Waals surface area contributed by atoms with E-state index in [0.29, 0.717) is 5.91 Å². The van der Waals surface area contributed by atoms with Crippen LogP contribution in [-0.4, -0.2) is 47.8 Å². The lowest BCUT2D eigenvalue weighted by molar-refractivity contribution is -0.133. The molecule has 18 heavy (non-hydrogen) atoms. The van der Waals surface area contributed by atoms with Crippen LogP contribution in [0.2, 0.25) is 0 Å². The van der Waals surface area contributed by atoms with E-state index in [2.05, 4.69) is 4.90 Å². The third-order valence-corrected chi connectivity index (χ3v) is 5.11. The lowest BCUT2D eigenvalue weighted by Crippen LogP contribution is -2.39. The number of piperidine rings is 1. The van der Waals surface area contributed by atoms with Crippen LogP contribution in [0.3, 0.4) is 0 Å². The Balaban J connectivity index is 1.57. The van der Waals surface area contributed by atoms with Crippen molar-refractivity contribution in [2.24, 2.45) is 11.3 Å². The molecule has 100 valence electrons. The zero-order chi connectivity index (χ0) is 12.8. The van der Waals surface area contributed by atoms with Crippen molar-refractivity contribution in [1.29, 1.82) is 0 Å². The number of likely N-dealkylation sites (tertiary alicyclic amines) is 2. The molecule has 2 aliphatic heterocycles. The summed E-state index contributed by atoms with van der Waals surface area (Å²) in [6.07, 6.45) is 5.45. The molecule has 3 aliphatic rings. The van der Waals surface area contributed by atoms with Gasteiger partial charge < -0.3 is 9.80 Å². The maximum atomic E-state index is 12.3. The van der Waals surface area contributed by atoms with Crippen LogP contribution in [-0.2, 0) is 9.59 Å². The lowest BCUT2D eigenvalue weighted by Gasteiger charge is -2.32. The summed E-state index contributed by atoms with van der Waals surface area (Å²) in [5.41, 5.74) is 0.256. The molecule has 2 saturated heterocycles. The number of rotatable bonds is 1. The molecule has 1 aliphatic carbocycles. The second-order valence-electron chi connectivity index (χ2n) is 6.16. The monoisotopic (exact) mass is 250 g/mol. The molecule has 0 N–H and O–H groups in total. The van der Waals surface area contributed by atoms with Gasteiger partial charge in [-0.15, -0.1) is 0 Å². The lowest BCUT2D eigenvalue weighted by atomic mass is 9.90. The molecule has 0 bridgehead atoms. The zero-order valence-electron chi connectivity index (χ0n) is 11.2. The van der Waals surface area contributed by atoms with E-state index in [9.17, 15) is 9.59 Å². The number of amides is 2. The molecule has 1 atom stereocenters. The summed E-state index contributed by atoms with van der Waals surface area (Å²) in [4.78, 5) is 27.6. The van der Waals surface area contributed by atoms with E-state index < -0.39 is 0 Å². The Morgan fingerprint density at radius 1 is 1.00 bits per heavy atom. The number of carbonyl (C=O) groups excluding carboxylic acids is 2. The van der Waals surface area contributed by atoms with E-state index in [1.54, 1.807) is 6.92 Å². The topological polar surface area (TPSA) is 40.6 Å². The van der Waals surface area contributed by atoms with Gasteiger partial charge in [-0.05, 0) is 37.5 Å². The van der Waals surface area contributed by atoms with Gasteiger partial charge in [-0.2, -0.15) is 0 Å². The van der Waals surface area contributed by atoms with Gasteiger partial charge in [0.15, 0.2) is 0 Å². The van der Waals surface area contributed by atoms with Gasteiger partial charge in [-0.3, -0.25) is 9.59 Å². The molecule has 0 aromatic rings. The maximum absolute atomic E-state index is 12.3. The SMILES string of the molecule is CC(=O)N1CCC2(CC1)CC2C(=O)N1CCCC1. The minimum Gasteiger partial charge on any atom is -0.343 e. The third-order valence-electron chi connectivity index (χ3n) is 5.11. The van der Waals surface area contributed by atoms with Gasteiger partial charge >= 0.3 is 0 Å². The normalized spacial score (nSPS) is 29.7. The standard InChI is InChI=1S/C14H22N2O2/c1-11(17)15-8-4-14(5-9-15)10-12(14)13(18)16-6-2-3-7-16/h12H,2-10H2,1H3. The predicted octanol–water partition coefficient (Wildman–Crippen LogP) is 1.26. The van der Waals surface area contributed by atoms with E-state index in [-0.39, 0.29) is 17.2 Å². The number of hydrogen-bond acceptors (Lipinski definition) is 2. The van der Waals surface area contributed by atoms with Crippen molar-refractivity contribution in [3.8, 4) is 0 Å². The van der Waals surface area contributed by atoms with Crippen LogP contribution < -0.4 is 0 Å². The van der Waals surface area contributed by atoms with E-state index in [4.69, 9.17) is 0 Å². The summed E-state index contributed by atoms with van der Waals surface area (Å²) in [5, 5.41) is 0. The average Bonchev–Trinajstić information content (AvgIpc) is 2.82. The van der Waals surface area contributed by atoms with Crippen molar-refractivity contribution in [2.45, 2.75) is 39.0 Å². The van der Waals surface area contributed by atoms with Gasteiger partial charge in [-0.1, -0.05) is 0 Å². The van der Waals surface area contributed by atoms with Gasteiger partial charge in [0.2, 0.25) is 11.8 Å². The minimum absolute atomic E-state index is 0.174. The summed E-state index contributed by atoms with van der Waals surface area (Å²) in [6.45, 7) is 5.26. The summed E-state index contributed by atoms with van der Waals surface area (Å²) < 4.78 is 0. The van der Waals surface area contributed by atoms with Gasteiger partial charge in [0.05, 0.1) is 0 Å². The first kappa shape index (κ1) is 12.0. The van der Waals surface area contributed by atoms with Gasteiger partial charge in [0.1, 0.15) is 0 Å². The Morgan fingerprint density at radius 3 is 2.17 bits per heavy atom. The minimum atomic E-state index is 0.174. The Hall–Kier alpha value is -1.06. The molecule has 0 radical (unpaired) electrons. The second-order valence-corrected chi connectivity index (χ2v) is 6.16. The summed E-state index contributed by atoms with van der Waals surface area (Å²) in [5.74, 6) is 0.835. The van der Waals surface area contributed by atoms with E-state index in [1.165, 1.54) is 12.8 Å². The molecule has 4 nitrogen and oxygen atoms in total. The quantitative estimate of drug-likeness (QED) is 0.703. The van der Waals surface area contributed by atoms with Crippen molar-refractivity contribution in [3.05, 3.63) is 0 Å². The van der Waals surface area contributed by atoms with Crippen LogP contribution in [0.25, 0.3) is 0 Å². The third kappa shape index (κ3) is 1.91. The molecule has 1 saturated carbocycles. The molecule has 1 spiro atoms. The Kier molecular flexibility index (Phi) is 2.83. The van der Waals surface area contributed by atoms with Crippen LogP contribution in [0, 0.1) is 11.3 Å². The molecule has 2 heterocycles. The maximum Gasteiger partial charge on any atom is 0.226 e. The molecule has 4 heteroatoms. The number of nitrogens with zero attached hydrogens (tertiary/aromatic N) is 2. The van der Waals surface area contributed by atoms with Gasteiger partial charge in [0, 0.05) is 39.0 Å². The molecule has 0 aromatic carbocycles. The number of carbonyl (C=O) groups is 2. The molecular weight excluding hydrogens is 228 g/mol. The molecule has 0 aromatic heterocycles. The largest absolute Gasteiger partial charge is 0.343 e. The fourth-order valence-corrected chi connectivity index (χ4v) is 3.67. The van der Waals surface area contributed by atoms with Crippen molar-refractivity contribution < 1.29 is 9.59 Å². The molecule has 3 rings (SSSR count). The average molecular weight is 250 g/mol. The van der Waals surface area contributed by atoms with Crippen LogP contribution >= 0.6 is 0 Å². The summed E-state index contributed by atoms with van der Waals surface area (Å²) >= 11 is 0. The van der Waals surface area contributed by atoms with Crippen molar-refractivity contribution in [1.82, 2.24) is 9.80 Å². The number of hydrogen-bond donors (Lipinski definition) is 0. The second kappa shape index (κ2) is 4.25. The van der Waals surface area contributed by atoms with E-state index in [0.717, 1.165) is 45.4 Å². The predicted molar refractivity (Wildman–Crippen MR) is 67.8 cm³/mol. The van der Waals surface area contributed by atoms with E-state index in [1.807, 2.05) is 4.90 Å². The van der Waals surface area contributed by atoms with Crippen LogP contribution in [0.5, 0.6) is 0 Å². The van der Waals surface area contributed by atoms with E-state index >= 15 is 0 Å².